The lowest BCUT2D eigenvalue weighted by molar-refractivity contribution is 0.0642. The van der Waals surface area contributed by atoms with E-state index in [-0.39, 0.29) is 23.9 Å². The van der Waals surface area contributed by atoms with Crippen LogP contribution in [0.4, 0.5) is 5.69 Å². The second-order valence-corrected chi connectivity index (χ2v) is 8.06. The molecule has 3 aromatic carbocycles. The van der Waals surface area contributed by atoms with Crippen molar-refractivity contribution in [2.45, 2.75) is 13.5 Å². The molecule has 0 unspecified atom stereocenters. The van der Waals surface area contributed by atoms with Gasteiger partial charge in [0.2, 0.25) is 0 Å². The predicted molar refractivity (Wildman–Crippen MR) is 128 cm³/mol. The molecule has 2 N–H and O–H groups in total. The molecule has 0 bridgehead atoms. The summed E-state index contributed by atoms with van der Waals surface area (Å²) in [4.78, 5) is 44.1. The van der Waals surface area contributed by atoms with Crippen LogP contribution in [0.1, 0.15) is 42.5 Å². The minimum Gasteiger partial charge on any atom is -0.496 e. The summed E-state index contributed by atoms with van der Waals surface area (Å²) in [7, 11) is 1.47. The Hall–Kier alpha value is -4.79. The summed E-state index contributed by atoms with van der Waals surface area (Å²) < 4.78 is 5.39. The average molecular weight is 467 g/mol. The number of amides is 3. The number of hydrogen-bond acceptors (Lipinski definition) is 6. The highest BCUT2D eigenvalue weighted by atomic mass is 16.5. The van der Waals surface area contributed by atoms with Crippen molar-refractivity contribution in [3.05, 3.63) is 94.8 Å². The van der Waals surface area contributed by atoms with Gasteiger partial charge in [-0.2, -0.15) is 5.10 Å². The van der Waals surface area contributed by atoms with Crippen molar-refractivity contribution in [1.29, 1.82) is 0 Å². The largest absolute Gasteiger partial charge is 0.496 e. The first-order valence-corrected chi connectivity index (χ1v) is 10.9. The summed E-state index contributed by atoms with van der Waals surface area (Å²) in [5.74, 6) is 0.481. The zero-order chi connectivity index (χ0) is 24.5. The molecular weight excluding hydrogens is 446 g/mol. The normalized spacial score (nSPS) is 12.6. The number of nitrogens with zero attached hydrogens (tertiary/aromatic N) is 3. The number of fused-ring (bicyclic) bond motifs is 1. The van der Waals surface area contributed by atoms with Crippen molar-refractivity contribution >= 4 is 23.4 Å². The molecule has 3 amide bonds. The average Bonchev–Trinajstić information content (AvgIpc) is 3.41. The molecule has 35 heavy (non-hydrogen) atoms. The first-order chi connectivity index (χ1) is 16.9. The molecule has 0 saturated carbocycles. The minimum atomic E-state index is -0.394. The third-order valence-electron chi connectivity index (χ3n) is 5.70. The molecule has 9 heteroatoms. The molecule has 0 spiro atoms. The zero-order valence-corrected chi connectivity index (χ0v) is 19.0. The van der Waals surface area contributed by atoms with Gasteiger partial charge in [0, 0.05) is 11.3 Å². The molecular formula is C26H21N5O4. The summed E-state index contributed by atoms with van der Waals surface area (Å²) in [5.41, 5.74) is 2.97. The molecule has 1 aromatic heterocycles. The van der Waals surface area contributed by atoms with Crippen LogP contribution in [-0.2, 0) is 6.54 Å². The second kappa shape index (κ2) is 8.86. The molecule has 174 valence electrons. The number of nitrogens with one attached hydrogen (secondary N) is 2. The molecule has 0 atom stereocenters. The summed E-state index contributed by atoms with van der Waals surface area (Å²) in [6.45, 7) is 1.85. The van der Waals surface area contributed by atoms with E-state index in [9.17, 15) is 14.4 Å². The van der Waals surface area contributed by atoms with Gasteiger partial charge in [0.15, 0.2) is 5.82 Å². The van der Waals surface area contributed by atoms with E-state index in [0.717, 1.165) is 5.56 Å². The Morgan fingerprint density at radius 3 is 2.40 bits per heavy atom. The van der Waals surface area contributed by atoms with Crippen molar-refractivity contribution < 1.29 is 19.1 Å². The topological polar surface area (TPSA) is 117 Å². The Labute approximate surface area is 200 Å². The number of carbonyl (C=O) groups is 3. The number of aromatic nitrogens is 3. The molecule has 0 aliphatic carbocycles. The van der Waals surface area contributed by atoms with Gasteiger partial charge in [-0.1, -0.05) is 30.3 Å². The monoisotopic (exact) mass is 467 g/mol. The number of benzene rings is 3. The van der Waals surface area contributed by atoms with Crippen molar-refractivity contribution in [2.75, 3.05) is 12.4 Å². The number of aromatic amines is 1. The van der Waals surface area contributed by atoms with Gasteiger partial charge in [0.25, 0.3) is 17.7 Å². The molecule has 9 nitrogen and oxygen atoms in total. The lowest BCUT2D eigenvalue weighted by Gasteiger charge is -2.16. The fourth-order valence-corrected chi connectivity index (χ4v) is 4.00. The van der Waals surface area contributed by atoms with Gasteiger partial charge < -0.3 is 10.1 Å². The highest BCUT2D eigenvalue weighted by Gasteiger charge is 2.35. The maximum absolute atomic E-state index is 13.2. The number of anilines is 1. The number of imide groups is 1. The molecule has 4 aromatic rings. The van der Waals surface area contributed by atoms with Crippen molar-refractivity contribution in [2.24, 2.45) is 0 Å². The van der Waals surface area contributed by atoms with Crippen molar-refractivity contribution in [3.8, 4) is 17.1 Å². The summed E-state index contributed by atoms with van der Waals surface area (Å²) in [5, 5.41) is 9.82. The van der Waals surface area contributed by atoms with Crippen LogP contribution >= 0.6 is 0 Å². The molecule has 0 radical (unpaired) electrons. The van der Waals surface area contributed by atoms with Gasteiger partial charge in [0.05, 0.1) is 30.3 Å². The number of ether oxygens (including phenoxy) is 1. The SMILES string of the molecule is COc1ccc(CN2C(=O)c3ccccc3C2=O)cc1C(=O)Nc1cccc(-c2n[nH]c(C)n2)c1. The van der Waals surface area contributed by atoms with Crippen molar-refractivity contribution in [3.63, 3.8) is 0 Å². The van der Waals surface area contributed by atoms with Gasteiger partial charge in [-0.05, 0) is 48.9 Å². The number of aryl methyl sites for hydroxylation is 1. The first kappa shape index (κ1) is 22.0. The highest BCUT2D eigenvalue weighted by molar-refractivity contribution is 6.21. The Balaban J connectivity index is 1.38. The standard InChI is InChI=1S/C26H21N5O4/c1-15-27-23(30-29-15)17-6-5-7-18(13-17)28-24(32)21-12-16(10-11-22(21)35-2)14-31-25(33)19-8-3-4-9-20(19)26(31)34/h3-13H,14H2,1-2H3,(H,28,32)(H,27,29,30). The van der Waals surface area contributed by atoms with Crippen LogP contribution < -0.4 is 10.1 Å². The Morgan fingerprint density at radius 2 is 1.74 bits per heavy atom. The van der Waals surface area contributed by atoms with Crippen LogP contribution in [0.25, 0.3) is 11.4 Å². The second-order valence-electron chi connectivity index (χ2n) is 8.06. The van der Waals surface area contributed by atoms with Crippen LogP contribution in [0, 0.1) is 6.92 Å². The fourth-order valence-electron chi connectivity index (χ4n) is 4.00. The van der Waals surface area contributed by atoms with Crippen LogP contribution in [0.3, 0.4) is 0 Å². The van der Waals surface area contributed by atoms with Gasteiger partial charge in [-0.3, -0.25) is 24.4 Å². The maximum atomic E-state index is 13.2. The summed E-state index contributed by atoms with van der Waals surface area (Å²) in [6, 6.07) is 18.9. The highest BCUT2D eigenvalue weighted by Crippen LogP contribution is 2.27. The van der Waals surface area contributed by atoms with Crippen LogP contribution in [0.5, 0.6) is 5.75 Å². The van der Waals surface area contributed by atoms with E-state index < -0.39 is 5.91 Å². The molecule has 1 aliphatic heterocycles. The predicted octanol–water partition coefficient (Wildman–Crippen LogP) is 3.84. The summed E-state index contributed by atoms with van der Waals surface area (Å²) >= 11 is 0. The number of methoxy groups -OCH3 is 1. The van der Waals surface area contributed by atoms with Gasteiger partial charge in [-0.25, -0.2) is 4.98 Å². The number of carbonyl (C=O) groups excluding carboxylic acids is 3. The van der Waals surface area contributed by atoms with E-state index >= 15 is 0 Å². The van der Waals surface area contributed by atoms with Gasteiger partial charge in [0.1, 0.15) is 11.6 Å². The van der Waals surface area contributed by atoms with Crippen LogP contribution in [0.15, 0.2) is 66.7 Å². The van der Waals surface area contributed by atoms with E-state index in [2.05, 4.69) is 20.5 Å². The number of hydrogen-bond donors (Lipinski definition) is 2. The molecule has 5 rings (SSSR count). The molecule has 0 fully saturated rings. The Morgan fingerprint density at radius 1 is 1.00 bits per heavy atom. The third-order valence-corrected chi connectivity index (χ3v) is 5.70. The van der Waals surface area contributed by atoms with E-state index in [1.54, 1.807) is 60.7 Å². The molecule has 1 aliphatic rings. The Kier molecular flexibility index (Phi) is 5.58. The molecule has 2 heterocycles. The fraction of sp³-hybridized carbons (Fsp3) is 0.115. The minimum absolute atomic E-state index is 0.0380. The number of rotatable bonds is 6. The Bertz CT molecular complexity index is 1440. The molecule has 0 saturated heterocycles. The smallest absolute Gasteiger partial charge is 0.261 e. The quantitative estimate of drug-likeness (QED) is 0.416. The van der Waals surface area contributed by atoms with E-state index in [0.29, 0.717) is 39.8 Å². The number of H-pyrrole nitrogens is 1. The van der Waals surface area contributed by atoms with Crippen molar-refractivity contribution in [1.82, 2.24) is 20.1 Å². The van der Waals surface area contributed by atoms with Crippen LogP contribution in [-0.4, -0.2) is 44.9 Å². The zero-order valence-electron chi connectivity index (χ0n) is 19.0. The van der Waals surface area contributed by atoms with E-state index in [1.807, 2.05) is 13.0 Å². The van der Waals surface area contributed by atoms with E-state index in [4.69, 9.17) is 4.74 Å². The van der Waals surface area contributed by atoms with Gasteiger partial charge in [-0.15, -0.1) is 0 Å². The summed E-state index contributed by atoms with van der Waals surface area (Å²) in [6.07, 6.45) is 0. The third kappa shape index (κ3) is 4.15. The lowest BCUT2D eigenvalue weighted by atomic mass is 10.1. The lowest BCUT2D eigenvalue weighted by Crippen LogP contribution is -2.29. The maximum Gasteiger partial charge on any atom is 0.261 e. The van der Waals surface area contributed by atoms with Crippen LogP contribution in [0.2, 0.25) is 0 Å². The first-order valence-electron chi connectivity index (χ1n) is 10.9. The van der Waals surface area contributed by atoms with Gasteiger partial charge >= 0.3 is 0 Å². The van der Waals surface area contributed by atoms with E-state index in [1.165, 1.54) is 12.0 Å².